The molecule has 2 amide bonds. The van der Waals surface area contributed by atoms with Crippen molar-refractivity contribution < 1.29 is 9.59 Å². The molecule has 0 spiro atoms. The number of nitrogens with zero attached hydrogens (tertiary/aromatic N) is 2. The summed E-state index contributed by atoms with van der Waals surface area (Å²) in [6, 6.07) is 11.2. The highest BCUT2D eigenvalue weighted by atomic mass is 127. The summed E-state index contributed by atoms with van der Waals surface area (Å²) >= 11 is 2.20. The normalized spacial score (nSPS) is 17.2. The minimum absolute atomic E-state index is 0.00974. The van der Waals surface area contributed by atoms with E-state index < -0.39 is 0 Å². The van der Waals surface area contributed by atoms with Gasteiger partial charge in [0.25, 0.3) is 5.91 Å². The van der Waals surface area contributed by atoms with Gasteiger partial charge in [0.1, 0.15) is 5.82 Å². The number of carbonyl (C=O) groups is 2. The summed E-state index contributed by atoms with van der Waals surface area (Å²) in [5, 5.41) is 2.86. The number of hydrogen-bond donors (Lipinski definition) is 1. The average Bonchev–Trinajstić information content (AvgIpc) is 2.63. The van der Waals surface area contributed by atoms with Crippen LogP contribution >= 0.6 is 22.6 Å². The van der Waals surface area contributed by atoms with Gasteiger partial charge in [-0.3, -0.25) is 9.59 Å². The molecule has 1 aliphatic heterocycles. The Morgan fingerprint density at radius 2 is 2.12 bits per heavy atom. The van der Waals surface area contributed by atoms with E-state index in [0.717, 1.165) is 22.0 Å². The standard InChI is InChI=1S/C19H20IN3O2/c1-13-7-8-17(21-11-13)22-18(24)15-5-3-9-23(12-15)19(25)14-4-2-6-16(20)10-14/h2,4,6-8,10-11,15H,3,5,9,12H2,1H3,(H,21,22,24). The average molecular weight is 449 g/mol. The molecule has 1 aromatic heterocycles. The van der Waals surface area contributed by atoms with Gasteiger partial charge in [0.2, 0.25) is 5.91 Å². The summed E-state index contributed by atoms with van der Waals surface area (Å²) in [6.07, 6.45) is 3.34. The van der Waals surface area contributed by atoms with Crippen molar-refractivity contribution >= 4 is 40.2 Å². The van der Waals surface area contributed by atoms with Gasteiger partial charge in [-0.2, -0.15) is 0 Å². The number of rotatable bonds is 3. The molecule has 6 heteroatoms. The lowest BCUT2D eigenvalue weighted by Crippen LogP contribution is -2.43. The Morgan fingerprint density at radius 1 is 1.28 bits per heavy atom. The first-order valence-electron chi connectivity index (χ1n) is 8.31. The van der Waals surface area contributed by atoms with Gasteiger partial charge in [0.15, 0.2) is 0 Å². The van der Waals surface area contributed by atoms with E-state index in [4.69, 9.17) is 0 Å². The zero-order chi connectivity index (χ0) is 17.8. The first kappa shape index (κ1) is 17.8. The second-order valence-corrected chi connectivity index (χ2v) is 7.56. The van der Waals surface area contributed by atoms with Crippen LogP contribution in [0.5, 0.6) is 0 Å². The van der Waals surface area contributed by atoms with Crippen LogP contribution in [-0.4, -0.2) is 34.8 Å². The third kappa shape index (κ3) is 4.56. The molecular weight excluding hydrogens is 429 g/mol. The Bertz CT molecular complexity index is 776. The van der Waals surface area contributed by atoms with Crippen LogP contribution in [0, 0.1) is 16.4 Å². The zero-order valence-electron chi connectivity index (χ0n) is 14.0. The summed E-state index contributed by atoms with van der Waals surface area (Å²) < 4.78 is 1.03. The summed E-state index contributed by atoms with van der Waals surface area (Å²) in [4.78, 5) is 31.2. The fraction of sp³-hybridized carbons (Fsp3) is 0.316. The molecule has 1 fully saturated rings. The van der Waals surface area contributed by atoms with E-state index in [9.17, 15) is 9.59 Å². The van der Waals surface area contributed by atoms with Crippen molar-refractivity contribution in [3.05, 3.63) is 57.3 Å². The molecule has 0 aliphatic carbocycles. The highest BCUT2D eigenvalue weighted by Crippen LogP contribution is 2.21. The highest BCUT2D eigenvalue weighted by Gasteiger charge is 2.29. The lowest BCUT2D eigenvalue weighted by molar-refractivity contribution is -0.121. The van der Waals surface area contributed by atoms with Crippen molar-refractivity contribution in [1.82, 2.24) is 9.88 Å². The van der Waals surface area contributed by atoms with Crippen molar-refractivity contribution in [3.63, 3.8) is 0 Å². The first-order valence-corrected chi connectivity index (χ1v) is 9.39. The summed E-state index contributed by atoms with van der Waals surface area (Å²) in [5.41, 5.74) is 1.72. The second kappa shape index (κ2) is 7.95. The Balaban J connectivity index is 1.65. The molecule has 3 rings (SSSR count). The Labute approximate surface area is 161 Å². The molecule has 1 atom stereocenters. The van der Waals surface area contributed by atoms with Crippen LogP contribution in [0.4, 0.5) is 5.82 Å². The number of hydrogen-bond acceptors (Lipinski definition) is 3. The molecule has 2 aromatic rings. The molecule has 1 N–H and O–H groups in total. The predicted molar refractivity (Wildman–Crippen MR) is 105 cm³/mol. The fourth-order valence-electron chi connectivity index (χ4n) is 2.95. The minimum Gasteiger partial charge on any atom is -0.338 e. The van der Waals surface area contributed by atoms with E-state index in [1.807, 2.05) is 37.3 Å². The van der Waals surface area contributed by atoms with Gasteiger partial charge in [-0.05, 0) is 72.2 Å². The lowest BCUT2D eigenvalue weighted by atomic mass is 9.96. The monoisotopic (exact) mass is 449 g/mol. The lowest BCUT2D eigenvalue weighted by Gasteiger charge is -2.32. The van der Waals surface area contributed by atoms with Gasteiger partial charge in [-0.25, -0.2) is 4.98 Å². The molecular formula is C19H20IN3O2. The minimum atomic E-state index is -0.205. The van der Waals surface area contributed by atoms with Crippen molar-refractivity contribution in [2.24, 2.45) is 5.92 Å². The van der Waals surface area contributed by atoms with Gasteiger partial charge >= 0.3 is 0 Å². The summed E-state index contributed by atoms with van der Waals surface area (Å²) in [6.45, 7) is 3.09. The van der Waals surface area contributed by atoms with Crippen LogP contribution in [0.3, 0.4) is 0 Å². The third-order valence-corrected chi connectivity index (χ3v) is 4.98. The maximum Gasteiger partial charge on any atom is 0.253 e. The van der Waals surface area contributed by atoms with E-state index in [1.54, 1.807) is 17.2 Å². The Kier molecular flexibility index (Phi) is 5.67. The number of aryl methyl sites for hydroxylation is 1. The number of carbonyl (C=O) groups excluding carboxylic acids is 2. The number of nitrogens with one attached hydrogen (secondary N) is 1. The highest BCUT2D eigenvalue weighted by molar-refractivity contribution is 14.1. The molecule has 130 valence electrons. The van der Waals surface area contributed by atoms with Crippen molar-refractivity contribution in [2.75, 3.05) is 18.4 Å². The molecule has 0 saturated carbocycles. The predicted octanol–water partition coefficient (Wildman–Crippen LogP) is 3.49. The zero-order valence-corrected chi connectivity index (χ0v) is 16.2. The van der Waals surface area contributed by atoms with Crippen molar-refractivity contribution in [3.8, 4) is 0 Å². The smallest absolute Gasteiger partial charge is 0.253 e. The third-order valence-electron chi connectivity index (χ3n) is 4.31. The van der Waals surface area contributed by atoms with Crippen LogP contribution < -0.4 is 5.32 Å². The number of likely N-dealkylation sites (tertiary alicyclic amines) is 1. The Hall–Kier alpha value is -1.96. The van der Waals surface area contributed by atoms with E-state index in [0.29, 0.717) is 24.5 Å². The van der Waals surface area contributed by atoms with Crippen LogP contribution in [-0.2, 0) is 4.79 Å². The largest absolute Gasteiger partial charge is 0.338 e. The maximum absolute atomic E-state index is 12.7. The SMILES string of the molecule is Cc1ccc(NC(=O)C2CCCN(C(=O)c3cccc(I)c3)C2)nc1. The van der Waals surface area contributed by atoms with Crippen LogP contribution in [0.2, 0.25) is 0 Å². The molecule has 1 aromatic carbocycles. The van der Waals surface area contributed by atoms with Crippen LogP contribution in [0.15, 0.2) is 42.6 Å². The summed E-state index contributed by atoms with van der Waals surface area (Å²) in [7, 11) is 0. The molecule has 1 unspecified atom stereocenters. The molecule has 25 heavy (non-hydrogen) atoms. The molecule has 0 bridgehead atoms. The molecule has 0 radical (unpaired) electrons. The van der Waals surface area contributed by atoms with Gasteiger partial charge in [0.05, 0.1) is 5.92 Å². The number of anilines is 1. The van der Waals surface area contributed by atoms with E-state index in [1.165, 1.54) is 0 Å². The van der Waals surface area contributed by atoms with Gasteiger partial charge in [-0.15, -0.1) is 0 Å². The number of halogens is 1. The number of aromatic nitrogens is 1. The quantitative estimate of drug-likeness (QED) is 0.731. The van der Waals surface area contributed by atoms with E-state index in [2.05, 4.69) is 32.9 Å². The number of piperidine rings is 1. The molecule has 2 heterocycles. The first-order chi connectivity index (χ1) is 12.0. The van der Waals surface area contributed by atoms with Crippen LogP contribution in [0.25, 0.3) is 0 Å². The maximum atomic E-state index is 12.7. The van der Waals surface area contributed by atoms with Gasteiger partial charge < -0.3 is 10.2 Å². The second-order valence-electron chi connectivity index (χ2n) is 6.31. The van der Waals surface area contributed by atoms with Gasteiger partial charge in [0, 0.05) is 28.4 Å². The Morgan fingerprint density at radius 3 is 2.84 bits per heavy atom. The molecule has 1 saturated heterocycles. The number of amides is 2. The van der Waals surface area contributed by atoms with Crippen LogP contribution in [0.1, 0.15) is 28.8 Å². The molecule has 5 nitrogen and oxygen atoms in total. The number of benzene rings is 1. The number of pyridine rings is 1. The van der Waals surface area contributed by atoms with Crippen molar-refractivity contribution in [2.45, 2.75) is 19.8 Å². The van der Waals surface area contributed by atoms with Gasteiger partial charge in [-0.1, -0.05) is 12.1 Å². The summed E-state index contributed by atoms with van der Waals surface area (Å²) in [5.74, 6) is 0.265. The van der Waals surface area contributed by atoms with Crippen molar-refractivity contribution in [1.29, 1.82) is 0 Å². The molecule has 1 aliphatic rings. The topological polar surface area (TPSA) is 62.3 Å². The fourth-order valence-corrected chi connectivity index (χ4v) is 3.49. The van der Waals surface area contributed by atoms with E-state index >= 15 is 0 Å². The van der Waals surface area contributed by atoms with E-state index in [-0.39, 0.29) is 17.7 Å².